The Morgan fingerprint density at radius 3 is 2.62 bits per heavy atom. The predicted molar refractivity (Wildman–Crippen MR) is 75.5 cm³/mol. The number of rotatable bonds is 3. The van der Waals surface area contributed by atoms with E-state index in [9.17, 15) is 13.9 Å². The van der Waals surface area contributed by atoms with E-state index in [0.29, 0.717) is 22.6 Å². The fourth-order valence-electron chi connectivity index (χ4n) is 2.31. The Kier molecular flexibility index (Phi) is 3.31. The van der Waals surface area contributed by atoms with Gasteiger partial charge in [-0.15, -0.1) is 0 Å². The van der Waals surface area contributed by atoms with Crippen molar-refractivity contribution >= 4 is 16.7 Å². The highest BCUT2D eigenvalue weighted by atomic mass is 19.2. The normalized spacial score (nSPS) is 11.2. The van der Waals surface area contributed by atoms with Crippen molar-refractivity contribution in [3.63, 3.8) is 0 Å². The van der Waals surface area contributed by atoms with Gasteiger partial charge in [-0.3, -0.25) is 0 Å². The Morgan fingerprint density at radius 2 is 1.90 bits per heavy atom. The molecular weight excluding hydrogens is 276 g/mol. The average molecular weight is 289 g/mol. The molecule has 0 unspecified atom stereocenters. The molecule has 0 amide bonds. The molecule has 0 atom stereocenters. The Balaban J connectivity index is 2.08. The van der Waals surface area contributed by atoms with Gasteiger partial charge in [0.05, 0.1) is 11.0 Å². The molecule has 3 aromatic rings. The minimum absolute atomic E-state index is 0.252. The number of aliphatic hydroxyl groups excluding tert-OH is 1. The van der Waals surface area contributed by atoms with Gasteiger partial charge in [0, 0.05) is 12.2 Å². The Labute approximate surface area is 119 Å². The second-order valence-corrected chi connectivity index (χ2v) is 4.77. The largest absolute Gasteiger partial charge is 0.399 e. The number of fused-ring (bicyclic) bond motifs is 1. The lowest BCUT2D eigenvalue weighted by Gasteiger charge is -2.08. The zero-order valence-electron chi connectivity index (χ0n) is 11.1. The van der Waals surface area contributed by atoms with Gasteiger partial charge in [0.15, 0.2) is 11.6 Å². The van der Waals surface area contributed by atoms with Crippen LogP contribution in [0.25, 0.3) is 11.0 Å². The van der Waals surface area contributed by atoms with Crippen molar-refractivity contribution in [1.29, 1.82) is 0 Å². The highest BCUT2D eigenvalue weighted by molar-refractivity contribution is 5.79. The number of benzene rings is 2. The molecule has 0 aliphatic heterocycles. The minimum atomic E-state index is -0.897. The van der Waals surface area contributed by atoms with Gasteiger partial charge in [-0.2, -0.15) is 0 Å². The summed E-state index contributed by atoms with van der Waals surface area (Å²) in [5.41, 5.74) is 8.30. The van der Waals surface area contributed by atoms with E-state index in [0.717, 1.165) is 17.6 Å². The Bertz CT molecular complexity index is 814. The smallest absolute Gasteiger partial charge is 0.159 e. The molecule has 0 saturated carbocycles. The molecule has 0 spiro atoms. The van der Waals surface area contributed by atoms with E-state index in [4.69, 9.17) is 5.73 Å². The second-order valence-electron chi connectivity index (χ2n) is 4.77. The molecule has 2 aromatic carbocycles. The quantitative estimate of drug-likeness (QED) is 0.728. The van der Waals surface area contributed by atoms with Gasteiger partial charge in [0.2, 0.25) is 0 Å². The standard InChI is InChI=1S/C15H13F2N3O/c16-11-3-1-9(5-12(11)17)7-20-14-4-2-10(18)6-13(14)19-15(20)8-21/h1-6,21H,7-8,18H2. The predicted octanol–water partition coefficient (Wildman–Crippen LogP) is 2.44. The van der Waals surface area contributed by atoms with Crippen LogP contribution >= 0.6 is 0 Å². The van der Waals surface area contributed by atoms with Crippen LogP contribution < -0.4 is 5.73 Å². The number of imidazole rings is 1. The van der Waals surface area contributed by atoms with E-state index in [1.165, 1.54) is 6.07 Å². The van der Waals surface area contributed by atoms with Gasteiger partial charge < -0.3 is 15.4 Å². The maximum Gasteiger partial charge on any atom is 0.159 e. The van der Waals surface area contributed by atoms with Crippen LogP contribution in [0.5, 0.6) is 0 Å². The first-order chi connectivity index (χ1) is 10.1. The number of nitrogen functional groups attached to an aromatic ring is 1. The number of hydrogen-bond donors (Lipinski definition) is 2. The van der Waals surface area contributed by atoms with Gasteiger partial charge in [0.25, 0.3) is 0 Å². The summed E-state index contributed by atoms with van der Waals surface area (Å²) >= 11 is 0. The van der Waals surface area contributed by atoms with Crippen LogP contribution in [0.15, 0.2) is 36.4 Å². The molecule has 108 valence electrons. The summed E-state index contributed by atoms with van der Waals surface area (Å²) < 4.78 is 28.0. The average Bonchev–Trinajstić information content (AvgIpc) is 2.80. The van der Waals surface area contributed by atoms with Gasteiger partial charge in [-0.05, 0) is 35.9 Å². The fourth-order valence-corrected chi connectivity index (χ4v) is 2.31. The van der Waals surface area contributed by atoms with Crippen molar-refractivity contribution in [3.05, 3.63) is 59.4 Å². The first-order valence-electron chi connectivity index (χ1n) is 6.38. The van der Waals surface area contributed by atoms with Crippen LogP contribution in [0.4, 0.5) is 14.5 Å². The van der Waals surface area contributed by atoms with Crippen LogP contribution in [0.2, 0.25) is 0 Å². The Hall–Kier alpha value is -2.47. The lowest BCUT2D eigenvalue weighted by atomic mass is 10.2. The Morgan fingerprint density at radius 1 is 1.10 bits per heavy atom. The summed E-state index contributed by atoms with van der Waals surface area (Å²) in [6.45, 7) is 0.0335. The number of nitrogens with two attached hydrogens (primary N) is 1. The zero-order valence-corrected chi connectivity index (χ0v) is 11.1. The van der Waals surface area contributed by atoms with E-state index in [1.807, 2.05) is 0 Å². The van der Waals surface area contributed by atoms with E-state index in [1.54, 1.807) is 22.8 Å². The van der Waals surface area contributed by atoms with Crippen LogP contribution in [-0.2, 0) is 13.2 Å². The summed E-state index contributed by atoms with van der Waals surface area (Å²) in [5.74, 6) is -1.34. The molecule has 3 N–H and O–H groups in total. The van der Waals surface area contributed by atoms with Gasteiger partial charge in [0.1, 0.15) is 12.4 Å². The molecule has 0 bridgehead atoms. The first-order valence-corrected chi connectivity index (χ1v) is 6.38. The first kappa shape index (κ1) is 13.5. The number of nitrogens with zero attached hydrogens (tertiary/aromatic N) is 2. The molecule has 0 fully saturated rings. The molecule has 0 saturated heterocycles. The zero-order chi connectivity index (χ0) is 15.0. The van der Waals surface area contributed by atoms with E-state index in [2.05, 4.69) is 4.98 Å². The molecule has 6 heteroatoms. The molecule has 1 aromatic heterocycles. The molecular formula is C15H13F2N3O. The lowest BCUT2D eigenvalue weighted by molar-refractivity contribution is 0.267. The third-order valence-electron chi connectivity index (χ3n) is 3.32. The van der Waals surface area contributed by atoms with Crippen molar-refractivity contribution < 1.29 is 13.9 Å². The summed E-state index contributed by atoms with van der Waals surface area (Å²) in [6, 6.07) is 8.95. The number of anilines is 1. The number of halogens is 2. The molecule has 21 heavy (non-hydrogen) atoms. The third-order valence-corrected chi connectivity index (χ3v) is 3.32. The summed E-state index contributed by atoms with van der Waals surface area (Å²) in [7, 11) is 0. The van der Waals surface area contributed by atoms with Crippen molar-refractivity contribution in [3.8, 4) is 0 Å². The molecule has 0 aliphatic rings. The number of hydrogen-bond acceptors (Lipinski definition) is 3. The summed E-state index contributed by atoms with van der Waals surface area (Å²) in [4.78, 5) is 4.29. The van der Waals surface area contributed by atoms with E-state index >= 15 is 0 Å². The lowest BCUT2D eigenvalue weighted by Crippen LogP contribution is -2.05. The maximum absolute atomic E-state index is 13.3. The molecule has 1 heterocycles. The monoisotopic (exact) mass is 289 g/mol. The van der Waals surface area contributed by atoms with E-state index < -0.39 is 11.6 Å². The molecule has 3 rings (SSSR count). The molecule has 0 radical (unpaired) electrons. The molecule has 4 nitrogen and oxygen atoms in total. The minimum Gasteiger partial charge on any atom is -0.399 e. The van der Waals surface area contributed by atoms with Gasteiger partial charge >= 0.3 is 0 Å². The topological polar surface area (TPSA) is 64.1 Å². The summed E-state index contributed by atoms with van der Waals surface area (Å²) in [6.07, 6.45) is 0. The SMILES string of the molecule is Nc1ccc2c(c1)nc(CO)n2Cc1ccc(F)c(F)c1. The highest BCUT2D eigenvalue weighted by Gasteiger charge is 2.11. The fraction of sp³-hybridized carbons (Fsp3) is 0.133. The van der Waals surface area contributed by atoms with E-state index in [-0.39, 0.29) is 13.2 Å². The van der Waals surface area contributed by atoms with Crippen molar-refractivity contribution in [2.24, 2.45) is 0 Å². The number of aromatic nitrogens is 2. The molecule has 0 aliphatic carbocycles. The van der Waals surface area contributed by atoms with Crippen LogP contribution in [-0.4, -0.2) is 14.7 Å². The van der Waals surface area contributed by atoms with Crippen LogP contribution in [0.3, 0.4) is 0 Å². The summed E-state index contributed by atoms with van der Waals surface area (Å²) in [5, 5.41) is 9.42. The second kappa shape index (κ2) is 5.14. The highest BCUT2D eigenvalue weighted by Crippen LogP contribution is 2.21. The van der Waals surface area contributed by atoms with Crippen LogP contribution in [0, 0.1) is 11.6 Å². The van der Waals surface area contributed by atoms with Crippen molar-refractivity contribution in [2.45, 2.75) is 13.2 Å². The van der Waals surface area contributed by atoms with Crippen molar-refractivity contribution in [1.82, 2.24) is 9.55 Å². The van der Waals surface area contributed by atoms with Crippen LogP contribution in [0.1, 0.15) is 11.4 Å². The number of aliphatic hydroxyl groups is 1. The van der Waals surface area contributed by atoms with Crippen molar-refractivity contribution in [2.75, 3.05) is 5.73 Å². The third kappa shape index (κ3) is 2.45. The van der Waals surface area contributed by atoms with Gasteiger partial charge in [-0.25, -0.2) is 13.8 Å². The van der Waals surface area contributed by atoms with Gasteiger partial charge in [-0.1, -0.05) is 6.07 Å². The maximum atomic E-state index is 13.3.